The molecule has 0 aliphatic heterocycles. The molecular weight excluding hydrogens is 350 g/mol. The van der Waals surface area contributed by atoms with E-state index in [1.54, 1.807) is 24.3 Å². The first-order valence-corrected chi connectivity index (χ1v) is 8.33. The Morgan fingerprint density at radius 2 is 1.80 bits per heavy atom. The van der Waals surface area contributed by atoms with Gasteiger partial charge in [0.1, 0.15) is 13.2 Å². The van der Waals surface area contributed by atoms with E-state index in [0.29, 0.717) is 17.9 Å². The highest BCUT2D eigenvalue weighted by atomic mass is 35.5. The van der Waals surface area contributed by atoms with Crippen LogP contribution in [-0.2, 0) is 19.1 Å². The van der Waals surface area contributed by atoms with E-state index >= 15 is 0 Å². The van der Waals surface area contributed by atoms with Gasteiger partial charge in [0.05, 0.1) is 6.42 Å². The molecule has 7 nitrogen and oxygen atoms in total. The lowest BCUT2D eigenvalue weighted by atomic mass is 9.96. The van der Waals surface area contributed by atoms with Crippen molar-refractivity contribution >= 4 is 29.6 Å². The number of nitrogens with one attached hydrogen (secondary N) is 1. The van der Waals surface area contributed by atoms with Crippen molar-refractivity contribution in [1.29, 1.82) is 0 Å². The van der Waals surface area contributed by atoms with Gasteiger partial charge in [-0.15, -0.1) is 0 Å². The number of halogens is 1. The minimum Gasteiger partial charge on any atom is -0.481 e. The van der Waals surface area contributed by atoms with E-state index < -0.39 is 18.0 Å². The molecule has 1 aromatic rings. The van der Waals surface area contributed by atoms with Crippen LogP contribution in [0.25, 0.3) is 0 Å². The van der Waals surface area contributed by atoms with E-state index in [4.69, 9.17) is 26.2 Å². The maximum atomic E-state index is 11.6. The van der Waals surface area contributed by atoms with Crippen LogP contribution in [0.2, 0.25) is 5.02 Å². The van der Waals surface area contributed by atoms with E-state index in [-0.39, 0.29) is 32.1 Å². The first kappa shape index (κ1) is 20.8. The van der Waals surface area contributed by atoms with Crippen molar-refractivity contribution in [2.75, 3.05) is 19.8 Å². The van der Waals surface area contributed by atoms with E-state index in [1.165, 1.54) is 0 Å². The van der Waals surface area contributed by atoms with Crippen molar-refractivity contribution in [2.45, 2.75) is 32.1 Å². The number of carboxylic acid groups (broad SMARTS) is 1. The Kier molecular flexibility index (Phi) is 9.39. The fourth-order valence-electron chi connectivity index (χ4n) is 2.08. The number of alkyl carbamates (subject to hydrolysis) is 1. The second-order valence-electron chi connectivity index (χ2n) is 5.33. The zero-order valence-corrected chi connectivity index (χ0v) is 14.8. The first-order valence-electron chi connectivity index (χ1n) is 7.95. The maximum absolute atomic E-state index is 11.6. The summed E-state index contributed by atoms with van der Waals surface area (Å²) in [4.78, 5) is 33.8. The number of esters is 1. The number of hydrogen-bond donors (Lipinski definition) is 2. The molecule has 138 valence electrons. The van der Waals surface area contributed by atoms with Gasteiger partial charge in [-0.3, -0.25) is 9.59 Å². The molecule has 1 aromatic carbocycles. The van der Waals surface area contributed by atoms with Crippen LogP contribution in [0, 0.1) is 0 Å². The van der Waals surface area contributed by atoms with Crippen LogP contribution in [0.3, 0.4) is 0 Å². The summed E-state index contributed by atoms with van der Waals surface area (Å²) in [7, 11) is 0. The number of benzene rings is 1. The Labute approximate surface area is 151 Å². The van der Waals surface area contributed by atoms with Gasteiger partial charge in [-0.05, 0) is 24.1 Å². The monoisotopic (exact) mass is 371 g/mol. The van der Waals surface area contributed by atoms with Crippen LogP contribution in [0.15, 0.2) is 24.3 Å². The Balaban J connectivity index is 2.40. The Bertz CT molecular complexity index is 575. The van der Waals surface area contributed by atoms with Crippen LogP contribution in [0.1, 0.15) is 37.7 Å². The highest BCUT2D eigenvalue weighted by Gasteiger charge is 2.17. The van der Waals surface area contributed by atoms with Crippen molar-refractivity contribution in [3.05, 3.63) is 34.9 Å². The minimum atomic E-state index is -0.974. The zero-order chi connectivity index (χ0) is 18.7. The molecular formula is C17H22ClNO6. The van der Waals surface area contributed by atoms with Crippen LogP contribution < -0.4 is 5.32 Å². The van der Waals surface area contributed by atoms with Crippen LogP contribution in [0.4, 0.5) is 4.79 Å². The summed E-state index contributed by atoms with van der Waals surface area (Å²) in [5, 5.41) is 12.1. The van der Waals surface area contributed by atoms with E-state index in [2.05, 4.69) is 5.32 Å². The van der Waals surface area contributed by atoms with Gasteiger partial charge in [0.15, 0.2) is 0 Å². The fraction of sp³-hybridized carbons (Fsp3) is 0.471. The van der Waals surface area contributed by atoms with Crippen molar-refractivity contribution < 1.29 is 29.0 Å². The second kappa shape index (κ2) is 11.3. The molecule has 0 unspecified atom stereocenters. The summed E-state index contributed by atoms with van der Waals surface area (Å²) in [6.07, 6.45) is 0.173. The summed E-state index contributed by atoms with van der Waals surface area (Å²) in [6.45, 7) is 1.88. The number of carboxylic acids is 1. The molecule has 1 atom stereocenters. The summed E-state index contributed by atoms with van der Waals surface area (Å²) in [6, 6.07) is 6.76. The number of carbonyl (C=O) groups is 3. The SMILES string of the molecule is CCCC(=O)OCCOC(=O)NC[C@H](CC(=O)O)c1ccc(Cl)cc1. The molecule has 0 saturated heterocycles. The highest BCUT2D eigenvalue weighted by Crippen LogP contribution is 2.21. The summed E-state index contributed by atoms with van der Waals surface area (Å²) < 4.78 is 9.74. The topological polar surface area (TPSA) is 102 Å². The molecule has 0 aliphatic carbocycles. The summed E-state index contributed by atoms with van der Waals surface area (Å²) in [5.74, 6) is -1.72. The molecule has 0 bridgehead atoms. The molecule has 2 N–H and O–H groups in total. The highest BCUT2D eigenvalue weighted by molar-refractivity contribution is 6.30. The van der Waals surface area contributed by atoms with Crippen molar-refractivity contribution in [2.24, 2.45) is 0 Å². The van der Waals surface area contributed by atoms with Gasteiger partial charge in [0.2, 0.25) is 0 Å². The Morgan fingerprint density at radius 1 is 1.16 bits per heavy atom. The molecule has 1 rings (SSSR count). The van der Waals surface area contributed by atoms with E-state index in [9.17, 15) is 14.4 Å². The number of aliphatic carboxylic acids is 1. The maximum Gasteiger partial charge on any atom is 0.407 e. The summed E-state index contributed by atoms with van der Waals surface area (Å²) in [5.41, 5.74) is 0.751. The standard InChI is InChI=1S/C17H22ClNO6/c1-2-3-16(22)24-8-9-25-17(23)19-11-13(10-15(20)21)12-4-6-14(18)7-5-12/h4-7,13H,2-3,8-11H2,1H3,(H,19,23)(H,20,21)/t13-/m0/s1. The molecule has 0 radical (unpaired) electrons. The molecule has 1 amide bonds. The normalized spacial score (nSPS) is 11.4. The van der Waals surface area contributed by atoms with Gasteiger partial charge >= 0.3 is 18.0 Å². The second-order valence-corrected chi connectivity index (χ2v) is 5.77. The first-order chi connectivity index (χ1) is 11.9. The molecule has 0 saturated carbocycles. The molecule has 0 aliphatic rings. The smallest absolute Gasteiger partial charge is 0.407 e. The third kappa shape index (κ3) is 8.95. The number of rotatable bonds is 10. The fourth-order valence-corrected chi connectivity index (χ4v) is 2.20. The number of carbonyl (C=O) groups excluding carboxylic acids is 2. The number of amides is 1. The van der Waals surface area contributed by atoms with Crippen molar-refractivity contribution in [3.63, 3.8) is 0 Å². The molecule has 0 heterocycles. The molecule has 25 heavy (non-hydrogen) atoms. The van der Waals surface area contributed by atoms with Crippen LogP contribution in [0.5, 0.6) is 0 Å². The molecule has 0 aromatic heterocycles. The van der Waals surface area contributed by atoms with Crippen molar-refractivity contribution in [1.82, 2.24) is 5.32 Å². The number of hydrogen-bond acceptors (Lipinski definition) is 5. The summed E-state index contributed by atoms with van der Waals surface area (Å²) >= 11 is 5.82. The zero-order valence-electron chi connectivity index (χ0n) is 14.0. The predicted molar refractivity (Wildman–Crippen MR) is 91.7 cm³/mol. The molecule has 0 fully saturated rings. The molecule has 8 heteroatoms. The minimum absolute atomic E-state index is 0.0119. The average Bonchev–Trinajstić information content (AvgIpc) is 2.56. The van der Waals surface area contributed by atoms with Crippen LogP contribution >= 0.6 is 11.6 Å². The van der Waals surface area contributed by atoms with Gasteiger partial charge in [0, 0.05) is 23.9 Å². The van der Waals surface area contributed by atoms with E-state index in [1.807, 2.05) is 6.92 Å². The van der Waals surface area contributed by atoms with Gasteiger partial charge in [0.25, 0.3) is 0 Å². The third-order valence-corrected chi connectivity index (χ3v) is 3.54. The molecule has 0 spiro atoms. The Morgan fingerprint density at radius 3 is 2.40 bits per heavy atom. The Hall–Kier alpha value is -2.28. The predicted octanol–water partition coefficient (Wildman–Crippen LogP) is 2.97. The van der Waals surface area contributed by atoms with Crippen molar-refractivity contribution in [3.8, 4) is 0 Å². The lowest BCUT2D eigenvalue weighted by Crippen LogP contribution is -2.31. The average molecular weight is 372 g/mol. The lowest BCUT2D eigenvalue weighted by molar-refractivity contribution is -0.144. The quantitative estimate of drug-likeness (QED) is 0.484. The largest absolute Gasteiger partial charge is 0.481 e. The van der Waals surface area contributed by atoms with E-state index in [0.717, 1.165) is 5.56 Å². The van der Waals surface area contributed by atoms with Gasteiger partial charge in [-0.1, -0.05) is 30.7 Å². The van der Waals surface area contributed by atoms with Gasteiger partial charge < -0.3 is 19.9 Å². The van der Waals surface area contributed by atoms with Gasteiger partial charge in [-0.2, -0.15) is 0 Å². The van der Waals surface area contributed by atoms with Gasteiger partial charge in [-0.25, -0.2) is 4.79 Å². The number of ether oxygens (including phenoxy) is 2. The van der Waals surface area contributed by atoms with Crippen LogP contribution in [-0.4, -0.2) is 42.9 Å². The lowest BCUT2D eigenvalue weighted by Gasteiger charge is -2.16. The third-order valence-electron chi connectivity index (χ3n) is 3.29.